The van der Waals surface area contributed by atoms with Gasteiger partial charge < -0.3 is 35.0 Å². The number of nitrogens with one attached hydrogen (secondary N) is 1. The van der Waals surface area contributed by atoms with Crippen molar-refractivity contribution in [3.63, 3.8) is 0 Å². The molecule has 0 spiro atoms. The van der Waals surface area contributed by atoms with Crippen molar-refractivity contribution in [3.8, 4) is 5.75 Å². The fraction of sp³-hybridized carbons (Fsp3) is 0.571. The Kier molecular flexibility index (Phi) is 9.72. The summed E-state index contributed by atoms with van der Waals surface area (Å²) in [6.07, 6.45) is 1.43. The molecule has 166 valence electrons. The van der Waals surface area contributed by atoms with E-state index in [1.54, 1.807) is 32.4 Å². The fourth-order valence-corrected chi connectivity index (χ4v) is 3.09. The van der Waals surface area contributed by atoms with Crippen LogP contribution < -0.4 is 10.5 Å². The van der Waals surface area contributed by atoms with Crippen LogP contribution >= 0.6 is 0 Å². The number of benzene rings is 1. The molecule has 0 aromatic heterocycles. The van der Waals surface area contributed by atoms with E-state index in [0.29, 0.717) is 42.5 Å². The second-order valence-corrected chi connectivity index (χ2v) is 7.14. The van der Waals surface area contributed by atoms with Gasteiger partial charge in [0.2, 0.25) is 0 Å². The van der Waals surface area contributed by atoms with Crippen LogP contribution in [0.5, 0.6) is 5.75 Å². The molecule has 9 nitrogen and oxygen atoms in total. The number of nitrogens with zero attached hydrogens (tertiary/aromatic N) is 3. The van der Waals surface area contributed by atoms with Crippen molar-refractivity contribution >= 4 is 23.6 Å². The lowest BCUT2D eigenvalue weighted by Gasteiger charge is -2.33. The number of nitrogen functional groups attached to an aromatic ring is 1. The Morgan fingerprint density at radius 2 is 2.20 bits per heavy atom. The molecule has 30 heavy (non-hydrogen) atoms. The highest BCUT2D eigenvalue weighted by atomic mass is 16.5. The first-order valence-corrected chi connectivity index (χ1v) is 9.95. The third-order valence-electron chi connectivity index (χ3n) is 4.61. The first-order valence-electron chi connectivity index (χ1n) is 9.95. The number of aliphatic imine (C=N–C) groups is 2. The molecule has 1 saturated heterocycles. The van der Waals surface area contributed by atoms with Gasteiger partial charge in [-0.25, -0.2) is 4.99 Å². The third kappa shape index (κ3) is 7.40. The molecule has 3 N–H and O–H groups in total. The minimum absolute atomic E-state index is 0.0445. The van der Waals surface area contributed by atoms with Crippen molar-refractivity contribution in [2.75, 3.05) is 59.4 Å². The van der Waals surface area contributed by atoms with Crippen LogP contribution in [-0.4, -0.2) is 88.7 Å². The summed E-state index contributed by atoms with van der Waals surface area (Å²) in [5.74, 6) is 1.50. The largest absolute Gasteiger partial charge is 0.488 e. The van der Waals surface area contributed by atoms with E-state index in [2.05, 4.69) is 14.9 Å². The molecule has 1 aromatic carbocycles. The molecule has 0 radical (unpaired) electrons. The van der Waals surface area contributed by atoms with E-state index >= 15 is 0 Å². The molecule has 1 heterocycles. The van der Waals surface area contributed by atoms with Crippen molar-refractivity contribution in [1.82, 2.24) is 4.90 Å². The molecular formula is C21H33N5O4. The van der Waals surface area contributed by atoms with E-state index in [9.17, 15) is 0 Å². The molecular weight excluding hydrogens is 386 g/mol. The zero-order chi connectivity index (χ0) is 21.9. The Balaban J connectivity index is 1.93. The Morgan fingerprint density at radius 1 is 1.40 bits per heavy atom. The van der Waals surface area contributed by atoms with Gasteiger partial charge in [0.1, 0.15) is 24.0 Å². The summed E-state index contributed by atoms with van der Waals surface area (Å²) in [7, 11) is 3.29. The van der Waals surface area contributed by atoms with E-state index in [4.69, 9.17) is 30.1 Å². The standard InChI is InChI=1S/C21H33N5O4/c1-15(12-27-3)30-17-5-6-20(22)19(9-17)21(23)10-24-14-25-16(2)26-7-8-29-18(11-26)13-28-4/h5-6,9,14-15,18,23H,7-8,10-13,22H2,1-4H3/t15-,18?/m0/s1. The summed E-state index contributed by atoms with van der Waals surface area (Å²) in [6, 6.07) is 5.28. The lowest BCUT2D eigenvalue weighted by atomic mass is 10.1. The number of methoxy groups -OCH3 is 2. The van der Waals surface area contributed by atoms with Gasteiger partial charge in [-0.1, -0.05) is 0 Å². The molecule has 2 atom stereocenters. The average Bonchev–Trinajstić information content (AvgIpc) is 2.73. The first kappa shape index (κ1) is 23.8. The van der Waals surface area contributed by atoms with Crippen LogP contribution in [0.15, 0.2) is 28.2 Å². The topological polar surface area (TPSA) is 115 Å². The van der Waals surface area contributed by atoms with Crippen molar-refractivity contribution in [2.24, 2.45) is 9.98 Å². The number of amidine groups is 1. The quantitative estimate of drug-likeness (QED) is 0.340. The Morgan fingerprint density at radius 3 is 2.93 bits per heavy atom. The molecule has 1 aliphatic rings. The van der Waals surface area contributed by atoms with E-state index in [1.165, 1.54) is 6.34 Å². The Labute approximate surface area is 178 Å². The van der Waals surface area contributed by atoms with Crippen LogP contribution in [0.2, 0.25) is 0 Å². The van der Waals surface area contributed by atoms with Crippen LogP contribution in [0.25, 0.3) is 0 Å². The summed E-state index contributed by atoms with van der Waals surface area (Å²) >= 11 is 0. The monoisotopic (exact) mass is 419 g/mol. The van der Waals surface area contributed by atoms with E-state index in [-0.39, 0.29) is 18.8 Å². The maximum absolute atomic E-state index is 8.32. The molecule has 1 aliphatic heterocycles. The minimum atomic E-state index is -0.0975. The van der Waals surface area contributed by atoms with E-state index < -0.39 is 0 Å². The fourth-order valence-electron chi connectivity index (χ4n) is 3.09. The van der Waals surface area contributed by atoms with Gasteiger partial charge in [-0.05, 0) is 32.0 Å². The van der Waals surface area contributed by atoms with Crippen LogP contribution in [-0.2, 0) is 14.2 Å². The molecule has 0 bridgehead atoms. The number of rotatable bonds is 10. The highest BCUT2D eigenvalue weighted by Gasteiger charge is 2.20. The molecule has 0 aliphatic carbocycles. The van der Waals surface area contributed by atoms with Crippen LogP contribution in [0.1, 0.15) is 19.4 Å². The van der Waals surface area contributed by atoms with Gasteiger partial charge in [0.25, 0.3) is 0 Å². The Bertz CT molecular complexity index is 751. The van der Waals surface area contributed by atoms with Gasteiger partial charge in [0, 0.05) is 38.6 Å². The second-order valence-electron chi connectivity index (χ2n) is 7.14. The second kappa shape index (κ2) is 12.3. The summed E-state index contributed by atoms with van der Waals surface area (Å²) in [4.78, 5) is 10.8. The van der Waals surface area contributed by atoms with E-state index in [0.717, 1.165) is 18.9 Å². The van der Waals surface area contributed by atoms with Crippen molar-refractivity contribution < 1.29 is 18.9 Å². The third-order valence-corrected chi connectivity index (χ3v) is 4.61. The van der Waals surface area contributed by atoms with Gasteiger partial charge in [0.05, 0.1) is 38.2 Å². The highest BCUT2D eigenvalue weighted by molar-refractivity contribution is 6.04. The normalized spacial score (nSPS) is 18.6. The molecule has 1 fully saturated rings. The summed E-state index contributed by atoms with van der Waals surface area (Å²) in [5, 5.41) is 8.32. The van der Waals surface area contributed by atoms with Gasteiger partial charge in [-0.2, -0.15) is 0 Å². The zero-order valence-electron chi connectivity index (χ0n) is 18.3. The minimum Gasteiger partial charge on any atom is -0.488 e. The molecule has 9 heteroatoms. The van der Waals surface area contributed by atoms with Crippen LogP contribution in [0, 0.1) is 5.41 Å². The number of hydrogen-bond acceptors (Lipinski definition) is 7. The lowest BCUT2D eigenvalue weighted by Crippen LogP contribution is -2.46. The first-order chi connectivity index (χ1) is 14.4. The zero-order valence-corrected chi connectivity index (χ0v) is 18.3. The van der Waals surface area contributed by atoms with Gasteiger partial charge >= 0.3 is 0 Å². The molecule has 1 unspecified atom stereocenters. The number of morpholine rings is 1. The van der Waals surface area contributed by atoms with Gasteiger partial charge in [-0.3, -0.25) is 4.99 Å². The number of anilines is 1. The van der Waals surface area contributed by atoms with Crippen molar-refractivity contribution in [2.45, 2.75) is 26.1 Å². The predicted molar refractivity (Wildman–Crippen MR) is 119 cm³/mol. The smallest absolute Gasteiger partial charge is 0.120 e. The SMILES string of the molecule is COCC1CN(C(C)=NC=NCC(=N)c2cc(O[C@@H](C)COC)ccc2N)CCO1. The van der Waals surface area contributed by atoms with E-state index in [1.807, 2.05) is 13.8 Å². The maximum atomic E-state index is 8.32. The Hall–Kier alpha value is -2.49. The number of ether oxygens (including phenoxy) is 4. The maximum Gasteiger partial charge on any atom is 0.120 e. The van der Waals surface area contributed by atoms with Gasteiger partial charge in [0.15, 0.2) is 0 Å². The number of nitrogens with two attached hydrogens (primary N) is 1. The van der Waals surface area contributed by atoms with Crippen molar-refractivity contribution in [3.05, 3.63) is 23.8 Å². The molecule has 0 amide bonds. The molecule has 1 aromatic rings. The van der Waals surface area contributed by atoms with Crippen LogP contribution in [0.4, 0.5) is 5.69 Å². The van der Waals surface area contributed by atoms with Crippen molar-refractivity contribution in [1.29, 1.82) is 5.41 Å². The van der Waals surface area contributed by atoms with Crippen LogP contribution in [0.3, 0.4) is 0 Å². The highest BCUT2D eigenvalue weighted by Crippen LogP contribution is 2.21. The lowest BCUT2D eigenvalue weighted by molar-refractivity contribution is -0.0440. The number of hydrogen-bond donors (Lipinski definition) is 2. The summed E-state index contributed by atoms with van der Waals surface area (Å²) < 4.78 is 21.7. The summed E-state index contributed by atoms with van der Waals surface area (Å²) in [5.41, 5.74) is 7.45. The van der Waals surface area contributed by atoms with Gasteiger partial charge in [-0.15, -0.1) is 0 Å². The molecule has 0 saturated carbocycles. The molecule has 2 rings (SSSR count). The summed E-state index contributed by atoms with van der Waals surface area (Å²) in [6.45, 7) is 7.23. The predicted octanol–water partition coefficient (Wildman–Crippen LogP) is 1.84. The average molecular weight is 420 g/mol.